The van der Waals surface area contributed by atoms with Gasteiger partial charge in [0.15, 0.2) is 0 Å². The van der Waals surface area contributed by atoms with E-state index in [0.717, 1.165) is 22.5 Å². The van der Waals surface area contributed by atoms with Crippen LogP contribution in [0, 0.1) is 5.82 Å². The molecular formula is C19H21BrFN3OS. The Bertz CT molecular complexity index is 751. The molecule has 0 radical (unpaired) electrons. The summed E-state index contributed by atoms with van der Waals surface area (Å²) in [6, 6.07) is 12.1. The van der Waals surface area contributed by atoms with Crippen molar-refractivity contribution in [1.29, 1.82) is 0 Å². The third-order valence-corrected chi connectivity index (χ3v) is 5.71. The van der Waals surface area contributed by atoms with Crippen molar-refractivity contribution in [3.8, 4) is 0 Å². The predicted molar refractivity (Wildman–Crippen MR) is 108 cm³/mol. The van der Waals surface area contributed by atoms with Crippen LogP contribution in [-0.4, -0.2) is 23.4 Å². The molecule has 0 aromatic heterocycles. The van der Waals surface area contributed by atoms with Crippen molar-refractivity contribution in [2.45, 2.75) is 30.7 Å². The van der Waals surface area contributed by atoms with E-state index in [1.807, 2.05) is 24.3 Å². The molecule has 4 nitrogen and oxygen atoms in total. The minimum atomic E-state index is -0.360. The number of hydrogen-bond donors (Lipinski definition) is 2. The average Bonchev–Trinajstić information content (AvgIpc) is 2.65. The molecule has 138 valence electrons. The summed E-state index contributed by atoms with van der Waals surface area (Å²) in [7, 11) is 0. The van der Waals surface area contributed by atoms with Crippen LogP contribution in [0.5, 0.6) is 0 Å². The van der Waals surface area contributed by atoms with Crippen LogP contribution in [0.15, 0.2) is 51.8 Å². The highest BCUT2D eigenvalue weighted by Gasteiger charge is 2.11. The molecule has 1 saturated heterocycles. The van der Waals surface area contributed by atoms with Gasteiger partial charge in [-0.15, -0.1) is 0 Å². The highest BCUT2D eigenvalue weighted by atomic mass is 79.9. The van der Waals surface area contributed by atoms with E-state index in [1.165, 1.54) is 25.3 Å². The lowest BCUT2D eigenvalue weighted by Crippen LogP contribution is -2.28. The van der Waals surface area contributed by atoms with Gasteiger partial charge in [0, 0.05) is 40.3 Å². The number of rotatable bonds is 5. The number of anilines is 1. The van der Waals surface area contributed by atoms with Crippen molar-refractivity contribution in [3.63, 3.8) is 0 Å². The van der Waals surface area contributed by atoms with E-state index in [-0.39, 0.29) is 18.4 Å². The van der Waals surface area contributed by atoms with Gasteiger partial charge in [0.25, 0.3) is 0 Å². The molecule has 1 aliphatic rings. The van der Waals surface area contributed by atoms with Gasteiger partial charge in [-0.05, 0) is 67.3 Å². The zero-order chi connectivity index (χ0) is 18.4. The number of carbonyl (C=O) groups is 1. The Morgan fingerprint density at radius 2 is 1.85 bits per heavy atom. The minimum absolute atomic E-state index is 0.125. The summed E-state index contributed by atoms with van der Waals surface area (Å²) in [6.07, 6.45) is 3.83. The van der Waals surface area contributed by atoms with Gasteiger partial charge in [-0.3, -0.25) is 0 Å². The molecule has 1 fully saturated rings. The number of amides is 2. The number of urea groups is 1. The first-order chi connectivity index (χ1) is 12.6. The topological polar surface area (TPSA) is 44.4 Å². The molecule has 26 heavy (non-hydrogen) atoms. The summed E-state index contributed by atoms with van der Waals surface area (Å²) < 4.78 is 16.8. The third kappa shape index (κ3) is 5.72. The van der Waals surface area contributed by atoms with Gasteiger partial charge in [-0.2, -0.15) is 0 Å². The van der Waals surface area contributed by atoms with Crippen molar-refractivity contribution in [1.82, 2.24) is 9.62 Å². The monoisotopic (exact) mass is 437 g/mol. The van der Waals surface area contributed by atoms with Crippen LogP contribution < -0.4 is 10.6 Å². The summed E-state index contributed by atoms with van der Waals surface area (Å²) in [5.41, 5.74) is 1.14. The van der Waals surface area contributed by atoms with Crippen LogP contribution in [0.3, 0.4) is 0 Å². The SMILES string of the molecule is O=C(NCc1cc(Br)ccc1F)Nc1ccc(SN2CCCCC2)cc1. The van der Waals surface area contributed by atoms with E-state index in [4.69, 9.17) is 0 Å². The molecule has 0 unspecified atom stereocenters. The number of hydrogen-bond acceptors (Lipinski definition) is 3. The molecule has 1 aliphatic heterocycles. The number of carbonyl (C=O) groups excluding carboxylic acids is 1. The van der Waals surface area contributed by atoms with Gasteiger partial charge in [0.1, 0.15) is 5.82 Å². The van der Waals surface area contributed by atoms with Crippen LogP contribution in [0.2, 0.25) is 0 Å². The normalized spacial score (nSPS) is 14.8. The molecule has 0 atom stereocenters. The Morgan fingerprint density at radius 3 is 2.58 bits per heavy atom. The van der Waals surface area contributed by atoms with Crippen molar-refractivity contribution in [2.75, 3.05) is 18.4 Å². The van der Waals surface area contributed by atoms with E-state index in [2.05, 4.69) is 30.9 Å². The van der Waals surface area contributed by atoms with Crippen molar-refractivity contribution >= 4 is 39.6 Å². The van der Waals surface area contributed by atoms with Crippen LogP contribution >= 0.6 is 27.9 Å². The van der Waals surface area contributed by atoms with Gasteiger partial charge in [0.05, 0.1) is 0 Å². The highest BCUT2D eigenvalue weighted by Crippen LogP contribution is 2.27. The smallest absolute Gasteiger partial charge is 0.319 e. The molecule has 0 spiro atoms. The van der Waals surface area contributed by atoms with Gasteiger partial charge in [-0.1, -0.05) is 22.4 Å². The predicted octanol–water partition coefficient (Wildman–Crippen LogP) is 5.40. The van der Waals surface area contributed by atoms with Crippen LogP contribution in [0.4, 0.5) is 14.9 Å². The molecule has 2 aromatic carbocycles. The summed E-state index contributed by atoms with van der Waals surface area (Å²) in [6.45, 7) is 2.37. The largest absolute Gasteiger partial charge is 0.334 e. The molecule has 1 heterocycles. The second-order valence-electron chi connectivity index (χ2n) is 6.15. The van der Waals surface area contributed by atoms with Crippen LogP contribution in [0.1, 0.15) is 24.8 Å². The average molecular weight is 438 g/mol. The van der Waals surface area contributed by atoms with Gasteiger partial charge >= 0.3 is 6.03 Å². The minimum Gasteiger partial charge on any atom is -0.334 e. The molecule has 2 amide bonds. The molecular weight excluding hydrogens is 417 g/mol. The fraction of sp³-hybridized carbons (Fsp3) is 0.316. The lowest BCUT2D eigenvalue weighted by Gasteiger charge is -2.25. The molecule has 2 aromatic rings. The Morgan fingerprint density at radius 1 is 1.12 bits per heavy atom. The third-order valence-electron chi connectivity index (χ3n) is 4.11. The van der Waals surface area contributed by atoms with E-state index in [1.54, 1.807) is 24.1 Å². The molecule has 0 bridgehead atoms. The molecule has 7 heteroatoms. The van der Waals surface area contributed by atoms with Crippen molar-refractivity contribution in [3.05, 3.63) is 58.3 Å². The molecule has 0 aliphatic carbocycles. The van der Waals surface area contributed by atoms with Crippen LogP contribution in [0.25, 0.3) is 0 Å². The lowest BCUT2D eigenvalue weighted by atomic mass is 10.2. The van der Waals surface area contributed by atoms with E-state index < -0.39 is 0 Å². The second-order valence-corrected chi connectivity index (χ2v) is 8.23. The second kappa shape index (κ2) is 9.39. The number of piperidine rings is 1. The Balaban J connectivity index is 1.48. The first-order valence-corrected chi connectivity index (χ1v) is 10.2. The number of benzene rings is 2. The van der Waals surface area contributed by atoms with E-state index in [9.17, 15) is 9.18 Å². The maximum absolute atomic E-state index is 13.7. The van der Waals surface area contributed by atoms with E-state index in [0.29, 0.717) is 11.3 Å². The Labute approximate surface area is 165 Å². The number of nitrogens with one attached hydrogen (secondary N) is 2. The lowest BCUT2D eigenvalue weighted by molar-refractivity contribution is 0.251. The summed E-state index contributed by atoms with van der Waals surface area (Å²) in [5, 5.41) is 5.44. The number of nitrogens with zero attached hydrogens (tertiary/aromatic N) is 1. The molecule has 0 saturated carbocycles. The zero-order valence-electron chi connectivity index (χ0n) is 14.3. The van der Waals surface area contributed by atoms with Crippen molar-refractivity contribution < 1.29 is 9.18 Å². The van der Waals surface area contributed by atoms with E-state index >= 15 is 0 Å². The van der Waals surface area contributed by atoms with Gasteiger partial charge < -0.3 is 10.6 Å². The maximum atomic E-state index is 13.7. The van der Waals surface area contributed by atoms with Crippen LogP contribution in [-0.2, 0) is 6.54 Å². The molecule has 3 rings (SSSR count). The first kappa shape index (κ1) is 19.2. The van der Waals surface area contributed by atoms with Gasteiger partial charge in [0.2, 0.25) is 0 Å². The maximum Gasteiger partial charge on any atom is 0.319 e. The number of halogens is 2. The fourth-order valence-corrected chi connectivity index (χ4v) is 4.14. The zero-order valence-corrected chi connectivity index (χ0v) is 16.7. The fourth-order valence-electron chi connectivity index (χ4n) is 2.73. The van der Waals surface area contributed by atoms with Crippen molar-refractivity contribution in [2.24, 2.45) is 0 Å². The summed E-state index contributed by atoms with van der Waals surface area (Å²) in [4.78, 5) is 13.2. The summed E-state index contributed by atoms with van der Waals surface area (Å²) in [5.74, 6) is -0.340. The highest BCUT2D eigenvalue weighted by molar-refractivity contribution is 9.10. The Hall–Kier alpha value is -1.57. The first-order valence-electron chi connectivity index (χ1n) is 8.62. The Kier molecular flexibility index (Phi) is 6.93. The standard InChI is InChI=1S/C19H21BrFN3OS/c20-15-4-9-18(21)14(12-15)13-22-19(25)23-16-5-7-17(8-6-16)26-24-10-2-1-3-11-24/h4-9,12H,1-3,10-11,13H2,(H2,22,23,25). The molecule has 2 N–H and O–H groups in total. The summed E-state index contributed by atoms with van der Waals surface area (Å²) >= 11 is 5.06. The van der Waals surface area contributed by atoms with Gasteiger partial charge in [-0.25, -0.2) is 13.5 Å². The quantitative estimate of drug-likeness (QED) is 0.615.